The van der Waals surface area contributed by atoms with Crippen molar-refractivity contribution in [2.24, 2.45) is 5.92 Å². The predicted octanol–water partition coefficient (Wildman–Crippen LogP) is 5.28. The minimum Gasteiger partial charge on any atom is -0.487 e. The van der Waals surface area contributed by atoms with Gasteiger partial charge >= 0.3 is 0 Å². The molecule has 0 spiro atoms. The molecule has 1 amide bonds. The lowest BCUT2D eigenvalue weighted by Crippen LogP contribution is -2.31. The molecule has 2 N–H and O–H groups in total. The van der Waals surface area contributed by atoms with Gasteiger partial charge in [-0.15, -0.1) is 0 Å². The van der Waals surface area contributed by atoms with Crippen molar-refractivity contribution in [1.82, 2.24) is 20.2 Å². The van der Waals surface area contributed by atoms with Gasteiger partial charge in [0.25, 0.3) is 0 Å². The van der Waals surface area contributed by atoms with Crippen LogP contribution in [0, 0.1) is 12.8 Å². The summed E-state index contributed by atoms with van der Waals surface area (Å²) in [5.41, 5.74) is 5.20. The lowest BCUT2D eigenvalue weighted by Gasteiger charge is -2.20. The molecule has 2 heterocycles. The van der Waals surface area contributed by atoms with E-state index in [4.69, 9.17) is 21.3 Å². The second kappa shape index (κ2) is 13.2. The van der Waals surface area contributed by atoms with E-state index >= 15 is 0 Å². The van der Waals surface area contributed by atoms with Crippen molar-refractivity contribution in [3.8, 4) is 5.75 Å². The molecule has 7 nitrogen and oxygen atoms in total. The van der Waals surface area contributed by atoms with Crippen LogP contribution in [0.15, 0.2) is 55.4 Å². The summed E-state index contributed by atoms with van der Waals surface area (Å²) in [5.74, 6) is 0.295. The number of benzene rings is 1. The van der Waals surface area contributed by atoms with E-state index in [1.165, 1.54) is 0 Å². The Morgan fingerprint density at radius 1 is 1.32 bits per heavy atom. The van der Waals surface area contributed by atoms with Crippen LogP contribution in [0.3, 0.4) is 0 Å². The van der Waals surface area contributed by atoms with E-state index in [-0.39, 0.29) is 31.6 Å². The van der Waals surface area contributed by atoms with Crippen molar-refractivity contribution in [1.29, 1.82) is 0 Å². The number of fused-ring (bicyclic) bond motifs is 1. The number of pyridine rings is 2. The van der Waals surface area contributed by atoms with Gasteiger partial charge in [-0.2, -0.15) is 0 Å². The molecule has 0 bridgehead atoms. The molecule has 2 aromatic heterocycles. The third-order valence-corrected chi connectivity index (χ3v) is 6.55. The van der Waals surface area contributed by atoms with Crippen LogP contribution in [-0.4, -0.2) is 46.6 Å². The van der Waals surface area contributed by atoms with Crippen molar-refractivity contribution >= 4 is 34.1 Å². The predicted molar refractivity (Wildman–Crippen MR) is 149 cm³/mol. The summed E-state index contributed by atoms with van der Waals surface area (Å²) in [4.78, 5) is 23.6. The summed E-state index contributed by atoms with van der Waals surface area (Å²) in [6.45, 7) is 8.18. The topological polar surface area (TPSA) is 87.6 Å². The third-order valence-electron chi connectivity index (χ3n) is 6.22. The average Bonchev–Trinajstić information content (AvgIpc) is 2.87. The fourth-order valence-electron chi connectivity index (χ4n) is 4.24. The summed E-state index contributed by atoms with van der Waals surface area (Å²) in [5, 5.41) is 13.6. The number of rotatable bonds is 12. The van der Waals surface area contributed by atoms with Crippen LogP contribution in [0.4, 0.5) is 0 Å². The first-order valence-electron chi connectivity index (χ1n) is 12.3. The molecule has 0 fully saturated rings. The fourth-order valence-corrected chi connectivity index (χ4v) is 4.47. The number of aryl methyl sites for hydroxylation is 1. The molecule has 3 rings (SSSR count). The molecule has 0 aliphatic heterocycles. The van der Waals surface area contributed by atoms with Crippen LogP contribution in [0.5, 0.6) is 5.75 Å². The number of nitrogens with zero attached hydrogens (tertiary/aromatic N) is 3. The second-order valence-electron chi connectivity index (χ2n) is 9.03. The maximum absolute atomic E-state index is 12.5. The highest BCUT2D eigenvalue weighted by molar-refractivity contribution is 6.31. The Bertz CT molecular complexity index is 1290. The van der Waals surface area contributed by atoms with Crippen molar-refractivity contribution < 1.29 is 14.6 Å². The molecule has 196 valence electrons. The zero-order valence-electron chi connectivity index (χ0n) is 21.9. The van der Waals surface area contributed by atoms with E-state index < -0.39 is 0 Å². The van der Waals surface area contributed by atoms with Gasteiger partial charge in [-0.25, -0.2) is 4.98 Å². The summed E-state index contributed by atoms with van der Waals surface area (Å²) in [6, 6.07) is 7.92. The molecular weight excluding hydrogens is 488 g/mol. The van der Waals surface area contributed by atoms with Crippen LogP contribution >= 0.6 is 11.6 Å². The van der Waals surface area contributed by atoms with Gasteiger partial charge in [-0.1, -0.05) is 43.3 Å². The average molecular weight is 523 g/mol. The number of carbonyl (C=O) groups excluding carboxylic acids is 1. The molecule has 0 saturated heterocycles. The number of ether oxygens (including phenoxy) is 1. The molecule has 37 heavy (non-hydrogen) atoms. The van der Waals surface area contributed by atoms with Crippen LogP contribution in [-0.2, 0) is 17.9 Å². The maximum Gasteiger partial charge on any atom is 0.223 e. The minimum atomic E-state index is -0.238. The van der Waals surface area contributed by atoms with Gasteiger partial charge in [-0.3, -0.25) is 9.78 Å². The van der Waals surface area contributed by atoms with E-state index in [0.29, 0.717) is 23.6 Å². The number of aromatic nitrogens is 2. The maximum atomic E-state index is 12.5. The lowest BCUT2D eigenvalue weighted by molar-refractivity contribution is -0.125. The molecule has 0 radical (unpaired) electrons. The Morgan fingerprint density at radius 2 is 2.11 bits per heavy atom. The number of amides is 1. The lowest BCUT2D eigenvalue weighted by atomic mass is 10.0. The Hall–Kier alpha value is -3.42. The van der Waals surface area contributed by atoms with E-state index in [2.05, 4.69) is 22.9 Å². The van der Waals surface area contributed by atoms with Gasteiger partial charge in [0.2, 0.25) is 5.91 Å². The minimum absolute atomic E-state index is 0.0244. The van der Waals surface area contributed by atoms with E-state index in [1.807, 2.05) is 57.1 Å². The molecule has 1 atom stereocenters. The number of allylic oxidation sites excluding steroid dienone is 2. The number of halogens is 1. The molecule has 1 aromatic carbocycles. The van der Waals surface area contributed by atoms with E-state index in [9.17, 15) is 9.90 Å². The number of para-hydroxylation sites is 1. The molecular formula is C29H35ClN4O3. The highest BCUT2D eigenvalue weighted by atomic mass is 35.5. The third kappa shape index (κ3) is 6.87. The second-order valence-corrected chi connectivity index (χ2v) is 9.44. The first kappa shape index (κ1) is 28.2. The van der Waals surface area contributed by atoms with Gasteiger partial charge in [0.05, 0.1) is 5.02 Å². The highest BCUT2D eigenvalue weighted by Crippen LogP contribution is 2.32. The molecule has 0 saturated carbocycles. The number of hydrogen-bond donors (Lipinski definition) is 2. The number of nitrogens with one attached hydrogen (secondary N) is 1. The van der Waals surface area contributed by atoms with Crippen molar-refractivity contribution in [2.75, 3.05) is 20.7 Å². The Labute approximate surface area is 223 Å². The standard InChI is InChI=1S/C29H35ClN4O3/c1-6-9-26(34(4)5)23-14-19(3)33-28-22(23)10-8-11-27(28)37-18-24-21(15-31-17-25(24)30)16-32-29(36)20(7-2)12-13-35/h6,8-11,14-15,17,20,35H,1,7,12-13,16,18H2,2-5H3,(H,32,36)/b26-9-. The number of carbonyl (C=O) groups is 1. The van der Waals surface area contributed by atoms with Crippen molar-refractivity contribution in [3.05, 3.63) is 82.8 Å². The zero-order chi connectivity index (χ0) is 26.9. The molecule has 3 aromatic rings. The van der Waals surface area contributed by atoms with E-state index in [0.717, 1.165) is 39.0 Å². The van der Waals surface area contributed by atoms with E-state index in [1.54, 1.807) is 18.5 Å². The summed E-state index contributed by atoms with van der Waals surface area (Å²) in [7, 11) is 3.99. The van der Waals surface area contributed by atoms with Crippen LogP contribution in [0.25, 0.3) is 16.6 Å². The SMILES string of the molecule is C=C/C=C(/c1cc(C)nc2c(OCc3c(Cl)cncc3CNC(=O)C(CC)CCO)cccc12)N(C)C. The monoisotopic (exact) mass is 522 g/mol. The number of aliphatic hydroxyl groups excluding tert-OH is 1. The normalized spacial score (nSPS) is 12.3. The van der Waals surface area contributed by atoms with Gasteiger partial charge in [-0.05, 0) is 43.5 Å². The van der Waals surface area contributed by atoms with Gasteiger partial charge in [0, 0.05) is 73.5 Å². The van der Waals surface area contributed by atoms with Gasteiger partial charge in [0.15, 0.2) is 0 Å². The largest absolute Gasteiger partial charge is 0.487 e. The first-order valence-corrected chi connectivity index (χ1v) is 12.7. The van der Waals surface area contributed by atoms with Crippen LogP contribution in [0.2, 0.25) is 5.02 Å². The number of hydrogen-bond acceptors (Lipinski definition) is 6. The molecule has 8 heteroatoms. The Kier molecular flexibility index (Phi) is 10.1. The van der Waals surface area contributed by atoms with Crippen molar-refractivity contribution in [3.63, 3.8) is 0 Å². The summed E-state index contributed by atoms with van der Waals surface area (Å²) < 4.78 is 6.28. The quantitative estimate of drug-likeness (QED) is 0.314. The van der Waals surface area contributed by atoms with Crippen LogP contribution < -0.4 is 10.1 Å². The highest BCUT2D eigenvalue weighted by Gasteiger charge is 2.18. The number of aliphatic hydroxyl groups is 1. The summed E-state index contributed by atoms with van der Waals surface area (Å²) >= 11 is 6.50. The van der Waals surface area contributed by atoms with Crippen LogP contribution in [0.1, 0.15) is 42.1 Å². The Morgan fingerprint density at radius 3 is 2.78 bits per heavy atom. The van der Waals surface area contributed by atoms with Gasteiger partial charge < -0.3 is 20.1 Å². The molecule has 0 aliphatic rings. The smallest absolute Gasteiger partial charge is 0.223 e. The first-order chi connectivity index (χ1) is 17.8. The summed E-state index contributed by atoms with van der Waals surface area (Å²) in [6.07, 6.45) is 8.09. The molecule has 1 unspecified atom stereocenters. The zero-order valence-corrected chi connectivity index (χ0v) is 22.7. The van der Waals surface area contributed by atoms with Gasteiger partial charge in [0.1, 0.15) is 17.9 Å². The Balaban J connectivity index is 1.90. The fraction of sp³-hybridized carbons (Fsp3) is 0.345. The van der Waals surface area contributed by atoms with Crippen molar-refractivity contribution in [2.45, 2.75) is 39.8 Å². The molecule has 0 aliphatic carbocycles.